The number of amides is 1. The smallest absolute Gasteiger partial charge is 0.249 e. The van der Waals surface area contributed by atoms with Gasteiger partial charge in [-0.2, -0.15) is 0 Å². The number of nitrogens with two attached hydrogens (primary N) is 1. The number of imidazole rings is 1. The van der Waals surface area contributed by atoms with E-state index in [0.29, 0.717) is 18.1 Å². The normalized spacial score (nSPS) is 13.5. The van der Waals surface area contributed by atoms with Crippen LogP contribution >= 0.6 is 0 Å². The Morgan fingerprint density at radius 3 is 2.49 bits per heavy atom. The highest BCUT2D eigenvalue weighted by molar-refractivity contribution is 5.78. The van der Waals surface area contributed by atoms with E-state index in [2.05, 4.69) is 0 Å². The average Bonchev–Trinajstić information content (AvgIpc) is 3.21. The lowest BCUT2D eigenvalue weighted by Gasteiger charge is -2.40. The Balaban J connectivity index is 2.17. The number of hydrogen-bond acceptors (Lipinski definition) is 4. The maximum absolute atomic E-state index is 14.6. The van der Waals surface area contributed by atoms with Crippen LogP contribution < -0.4 is 5.73 Å². The summed E-state index contributed by atoms with van der Waals surface area (Å²) in [5.74, 6) is -0.112. The molecular weight excluding hydrogens is 450 g/mol. The molecule has 2 aromatic carbocycles. The molecule has 0 aliphatic heterocycles. The summed E-state index contributed by atoms with van der Waals surface area (Å²) in [7, 11) is 1.43. The molecule has 0 spiro atoms. The van der Waals surface area contributed by atoms with Gasteiger partial charge in [-0.1, -0.05) is 63.2 Å². The average molecular weight is 485 g/mol. The fourth-order valence-corrected chi connectivity index (χ4v) is 4.19. The summed E-state index contributed by atoms with van der Waals surface area (Å²) in [6.45, 7) is 5.67. The summed E-state index contributed by atoms with van der Waals surface area (Å²) in [5, 5.41) is 0. The van der Waals surface area contributed by atoms with Gasteiger partial charge in [-0.05, 0) is 23.1 Å². The largest absolute Gasteiger partial charge is 0.375 e. The van der Waals surface area contributed by atoms with Gasteiger partial charge < -0.3 is 19.9 Å². The molecule has 1 amide bonds. The first-order valence-corrected chi connectivity index (χ1v) is 11.6. The van der Waals surface area contributed by atoms with Crippen LogP contribution in [0.1, 0.15) is 38.2 Å². The molecule has 188 valence electrons. The molecular formula is C27H34F2N4O2. The molecule has 0 saturated heterocycles. The number of carbonyl (C=O) groups excluding carboxylic acids is 1. The van der Waals surface area contributed by atoms with Gasteiger partial charge in [0.1, 0.15) is 24.4 Å². The lowest BCUT2D eigenvalue weighted by Crippen LogP contribution is -2.47. The van der Waals surface area contributed by atoms with Crippen LogP contribution in [-0.2, 0) is 16.1 Å². The number of alkyl halides is 1. The van der Waals surface area contributed by atoms with Crippen molar-refractivity contribution in [1.29, 1.82) is 0 Å². The Kier molecular flexibility index (Phi) is 8.75. The Labute approximate surface area is 205 Å². The van der Waals surface area contributed by atoms with Crippen LogP contribution in [0.4, 0.5) is 8.78 Å². The van der Waals surface area contributed by atoms with Crippen molar-refractivity contribution in [3.05, 3.63) is 78.0 Å². The molecule has 0 aliphatic rings. The predicted octanol–water partition coefficient (Wildman–Crippen LogP) is 4.60. The highest BCUT2D eigenvalue weighted by Gasteiger charge is 2.39. The van der Waals surface area contributed by atoms with Crippen LogP contribution in [0, 0.1) is 11.2 Å². The molecule has 2 atom stereocenters. The van der Waals surface area contributed by atoms with E-state index in [1.54, 1.807) is 6.07 Å². The Morgan fingerprint density at radius 2 is 1.89 bits per heavy atom. The van der Waals surface area contributed by atoms with E-state index in [9.17, 15) is 13.6 Å². The van der Waals surface area contributed by atoms with Gasteiger partial charge >= 0.3 is 0 Å². The lowest BCUT2D eigenvalue weighted by atomic mass is 9.84. The van der Waals surface area contributed by atoms with E-state index in [0.717, 1.165) is 11.1 Å². The van der Waals surface area contributed by atoms with Crippen LogP contribution in [0.25, 0.3) is 11.3 Å². The maximum atomic E-state index is 14.6. The van der Waals surface area contributed by atoms with Crippen molar-refractivity contribution in [3.63, 3.8) is 0 Å². The van der Waals surface area contributed by atoms with E-state index in [4.69, 9.17) is 15.5 Å². The van der Waals surface area contributed by atoms with E-state index < -0.39 is 17.6 Å². The van der Waals surface area contributed by atoms with Gasteiger partial charge in [0.2, 0.25) is 5.91 Å². The molecule has 2 N–H and O–H groups in total. The molecule has 8 heteroatoms. The Bertz CT molecular complexity index is 1110. The minimum atomic E-state index is -1.40. The Morgan fingerprint density at radius 1 is 1.17 bits per heavy atom. The summed E-state index contributed by atoms with van der Waals surface area (Å²) < 4.78 is 35.5. The third-order valence-electron chi connectivity index (χ3n) is 5.73. The molecule has 1 heterocycles. The highest BCUT2D eigenvalue weighted by Crippen LogP contribution is 2.39. The fraction of sp³-hybridized carbons (Fsp3) is 0.407. The van der Waals surface area contributed by atoms with E-state index in [1.807, 2.05) is 67.9 Å². The quantitative estimate of drug-likeness (QED) is 0.457. The number of aromatic nitrogens is 2. The molecule has 1 aromatic heterocycles. The molecule has 3 aromatic rings. The second-order valence-corrected chi connectivity index (χ2v) is 9.69. The van der Waals surface area contributed by atoms with Gasteiger partial charge in [-0.25, -0.2) is 13.8 Å². The third-order valence-corrected chi connectivity index (χ3v) is 5.73. The van der Waals surface area contributed by atoms with E-state index in [1.165, 1.54) is 24.1 Å². The summed E-state index contributed by atoms with van der Waals surface area (Å²) in [6, 6.07) is 15.4. The highest BCUT2D eigenvalue weighted by atomic mass is 19.1. The van der Waals surface area contributed by atoms with Crippen molar-refractivity contribution < 1.29 is 18.3 Å². The van der Waals surface area contributed by atoms with Crippen LogP contribution in [0.3, 0.4) is 0 Å². The SMILES string of the molecule is COCC(=O)N(C[C@@H](F)CN)[C@@H](c1nc(-c2ccccc2)cn1Cc1cccc(F)c1)C(C)(C)C. The zero-order valence-corrected chi connectivity index (χ0v) is 20.7. The molecule has 6 nitrogen and oxygen atoms in total. The standard InChI is InChI=1S/C27H34F2N4O2/c1-27(2,3)25(33(16-22(29)14-30)24(34)18-35-4)26-31-23(20-10-6-5-7-11-20)17-32(26)15-19-9-8-12-21(28)13-19/h5-13,17,22,25H,14-16,18,30H2,1-4H3/t22-,25-/m0/s1. The van der Waals surface area contributed by atoms with Crippen LogP contribution in [0.5, 0.6) is 0 Å². The summed E-state index contributed by atoms with van der Waals surface area (Å²) in [5.41, 5.74) is 7.41. The third kappa shape index (κ3) is 6.74. The monoisotopic (exact) mass is 484 g/mol. The number of hydrogen-bond donors (Lipinski definition) is 1. The van der Waals surface area contributed by atoms with Gasteiger partial charge in [-0.3, -0.25) is 4.79 Å². The van der Waals surface area contributed by atoms with Gasteiger partial charge in [-0.15, -0.1) is 0 Å². The summed E-state index contributed by atoms with van der Waals surface area (Å²) in [4.78, 5) is 19.6. The van der Waals surface area contributed by atoms with Crippen molar-refractivity contribution in [2.75, 3.05) is 26.8 Å². The van der Waals surface area contributed by atoms with Crippen molar-refractivity contribution in [3.8, 4) is 11.3 Å². The zero-order chi connectivity index (χ0) is 25.6. The van der Waals surface area contributed by atoms with E-state index in [-0.39, 0.29) is 31.4 Å². The molecule has 0 aliphatic carbocycles. The van der Waals surface area contributed by atoms with Gasteiger partial charge in [0.25, 0.3) is 0 Å². The second-order valence-electron chi connectivity index (χ2n) is 9.69. The molecule has 0 bridgehead atoms. The van der Waals surface area contributed by atoms with Crippen molar-refractivity contribution >= 4 is 5.91 Å². The van der Waals surface area contributed by atoms with Gasteiger partial charge in [0.15, 0.2) is 0 Å². The first kappa shape index (κ1) is 26.5. The first-order chi connectivity index (χ1) is 16.6. The minimum Gasteiger partial charge on any atom is -0.375 e. The number of methoxy groups -OCH3 is 1. The number of halogens is 2. The second kappa shape index (κ2) is 11.6. The van der Waals surface area contributed by atoms with E-state index >= 15 is 0 Å². The number of nitrogens with zero attached hydrogens (tertiary/aromatic N) is 3. The first-order valence-electron chi connectivity index (χ1n) is 11.6. The lowest BCUT2D eigenvalue weighted by molar-refractivity contribution is -0.141. The van der Waals surface area contributed by atoms with Gasteiger partial charge in [0.05, 0.1) is 18.3 Å². The molecule has 0 unspecified atom stereocenters. The fourth-order valence-electron chi connectivity index (χ4n) is 4.19. The Hall–Kier alpha value is -3.10. The number of rotatable bonds is 10. The summed E-state index contributed by atoms with van der Waals surface area (Å²) in [6.07, 6.45) is 0.490. The molecule has 0 radical (unpaired) electrons. The number of ether oxygens (including phenoxy) is 1. The van der Waals surface area contributed by atoms with Crippen LogP contribution in [0.15, 0.2) is 60.8 Å². The minimum absolute atomic E-state index is 0.186. The van der Waals surface area contributed by atoms with Gasteiger partial charge in [0, 0.05) is 32.0 Å². The zero-order valence-electron chi connectivity index (χ0n) is 20.7. The van der Waals surface area contributed by atoms with Crippen molar-refractivity contribution in [2.45, 2.75) is 39.5 Å². The van der Waals surface area contributed by atoms with Crippen LogP contribution in [0.2, 0.25) is 0 Å². The molecule has 0 saturated carbocycles. The van der Waals surface area contributed by atoms with Crippen molar-refractivity contribution in [1.82, 2.24) is 14.5 Å². The summed E-state index contributed by atoms with van der Waals surface area (Å²) >= 11 is 0. The number of carbonyl (C=O) groups is 1. The molecule has 35 heavy (non-hydrogen) atoms. The topological polar surface area (TPSA) is 73.4 Å². The maximum Gasteiger partial charge on any atom is 0.249 e. The predicted molar refractivity (Wildman–Crippen MR) is 133 cm³/mol. The van der Waals surface area contributed by atoms with Crippen molar-refractivity contribution in [2.24, 2.45) is 11.1 Å². The van der Waals surface area contributed by atoms with Crippen LogP contribution in [-0.4, -0.2) is 53.3 Å². The number of benzene rings is 2. The molecule has 3 rings (SSSR count). The molecule has 0 fully saturated rings.